The summed E-state index contributed by atoms with van der Waals surface area (Å²) in [6.07, 6.45) is 1.12. The first-order valence-corrected chi connectivity index (χ1v) is 5.53. The van der Waals surface area contributed by atoms with Crippen LogP contribution in [-0.2, 0) is 0 Å². The van der Waals surface area contributed by atoms with E-state index in [1.54, 1.807) is 4.90 Å². The Kier molecular flexibility index (Phi) is 3.35. The Morgan fingerprint density at radius 2 is 2.07 bits per heavy atom. The largest absolute Gasteiger partial charge is 0.465 e. The van der Waals surface area contributed by atoms with Crippen LogP contribution in [0.25, 0.3) is 0 Å². The molecule has 14 heavy (non-hydrogen) atoms. The van der Waals surface area contributed by atoms with Crippen LogP contribution in [-0.4, -0.2) is 33.9 Å². The Balaban J connectivity index is 2.87. The van der Waals surface area contributed by atoms with Gasteiger partial charge in [0.1, 0.15) is 0 Å². The molecule has 4 heteroatoms. The van der Waals surface area contributed by atoms with Crippen LogP contribution in [0.1, 0.15) is 33.6 Å². The van der Waals surface area contributed by atoms with Gasteiger partial charge >= 0.3 is 6.09 Å². The summed E-state index contributed by atoms with van der Waals surface area (Å²) < 4.78 is 0. The van der Waals surface area contributed by atoms with Crippen molar-refractivity contribution in [3.05, 3.63) is 0 Å². The number of hydrogen-bond acceptors (Lipinski definition) is 2. The zero-order valence-corrected chi connectivity index (χ0v) is 9.92. The van der Waals surface area contributed by atoms with E-state index in [0.717, 1.165) is 12.8 Å². The summed E-state index contributed by atoms with van der Waals surface area (Å²) >= 11 is 4.50. The maximum absolute atomic E-state index is 11.0. The minimum atomic E-state index is -0.816. The molecular weight excluding hydrogens is 198 g/mol. The van der Waals surface area contributed by atoms with E-state index < -0.39 is 6.09 Å². The van der Waals surface area contributed by atoms with Crippen molar-refractivity contribution in [3.63, 3.8) is 0 Å². The number of thiol groups is 1. The van der Waals surface area contributed by atoms with E-state index in [2.05, 4.69) is 33.4 Å². The van der Waals surface area contributed by atoms with Crippen molar-refractivity contribution in [2.45, 2.75) is 44.9 Å². The number of carbonyl (C=O) groups is 1. The smallest absolute Gasteiger partial charge is 0.407 e. The summed E-state index contributed by atoms with van der Waals surface area (Å²) in [6, 6.07) is 0.0251. The minimum absolute atomic E-state index is 0.0251. The lowest BCUT2D eigenvalue weighted by atomic mass is 9.80. The van der Waals surface area contributed by atoms with Crippen LogP contribution in [0.3, 0.4) is 0 Å². The second kappa shape index (κ2) is 4.01. The van der Waals surface area contributed by atoms with Crippen molar-refractivity contribution in [1.82, 2.24) is 4.90 Å². The van der Waals surface area contributed by atoms with Gasteiger partial charge in [-0.15, -0.1) is 0 Å². The predicted octanol–water partition coefficient (Wildman–Crippen LogP) is 2.47. The lowest BCUT2D eigenvalue weighted by Gasteiger charge is -2.45. The van der Waals surface area contributed by atoms with E-state index in [1.807, 2.05) is 0 Å². The van der Waals surface area contributed by atoms with Crippen LogP contribution in [0, 0.1) is 5.41 Å². The van der Waals surface area contributed by atoms with Crippen LogP contribution in [0.4, 0.5) is 4.79 Å². The van der Waals surface area contributed by atoms with E-state index >= 15 is 0 Å². The molecule has 1 fully saturated rings. The molecule has 0 aliphatic carbocycles. The van der Waals surface area contributed by atoms with Gasteiger partial charge in [-0.3, -0.25) is 0 Å². The highest BCUT2D eigenvalue weighted by atomic mass is 32.1. The molecule has 82 valence electrons. The average molecular weight is 217 g/mol. The minimum Gasteiger partial charge on any atom is -0.465 e. The van der Waals surface area contributed by atoms with Gasteiger partial charge in [0, 0.05) is 11.8 Å². The summed E-state index contributed by atoms with van der Waals surface area (Å²) in [4.78, 5) is 12.6. The van der Waals surface area contributed by atoms with Crippen LogP contribution >= 0.6 is 12.6 Å². The highest BCUT2D eigenvalue weighted by Crippen LogP contribution is 2.34. The number of rotatable bonds is 0. The van der Waals surface area contributed by atoms with Crippen LogP contribution in [0.2, 0.25) is 0 Å². The highest BCUT2D eigenvalue weighted by Gasteiger charge is 2.39. The maximum Gasteiger partial charge on any atom is 0.407 e. The molecule has 1 aliphatic rings. The van der Waals surface area contributed by atoms with Crippen LogP contribution in [0.5, 0.6) is 0 Å². The molecule has 2 atom stereocenters. The van der Waals surface area contributed by atoms with Crippen molar-refractivity contribution >= 4 is 18.7 Å². The Bertz CT molecular complexity index is 225. The lowest BCUT2D eigenvalue weighted by Crippen LogP contribution is -2.54. The Hall–Kier alpha value is -0.380. The first-order valence-electron chi connectivity index (χ1n) is 5.01. The number of hydrogen-bond donors (Lipinski definition) is 2. The van der Waals surface area contributed by atoms with Crippen LogP contribution < -0.4 is 0 Å². The quantitative estimate of drug-likeness (QED) is 0.612. The fraction of sp³-hybridized carbons (Fsp3) is 0.900. The maximum atomic E-state index is 11.0. The number of piperidine rings is 1. The fourth-order valence-electron chi connectivity index (χ4n) is 2.23. The molecule has 1 heterocycles. The second-order valence-corrected chi connectivity index (χ2v) is 5.66. The topological polar surface area (TPSA) is 40.5 Å². The van der Waals surface area contributed by atoms with E-state index in [9.17, 15) is 4.79 Å². The number of amides is 1. The van der Waals surface area contributed by atoms with Gasteiger partial charge in [-0.2, -0.15) is 12.6 Å². The fourth-order valence-corrected chi connectivity index (χ4v) is 3.03. The Labute approximate surface area is 90.9 Å². The summed E-state index contributed by atoms with van der Waals surface area (Å²) in [6.45, 7) is 6.86. The van der Waals surface area contributed by atoms with Crippen molar-refractivity contribution < 1.29 is 9.90 Å². The molecule has 1 aliphatic heterocycles. The number of carboxylic acid groups (broad SMARTS) is 1. The standard InChI is InChI=1S/C10H19NO2S/c1-10(2,3)8-7(14)5-4-6-11(8)9(12)13/h7-8,14H,4-6H2,1-3H3,(H,12,13). The zero-order valence-electron chi connectivity index (χ0n) is 9.03. The average Bonchev–Trinajstić information content (AvgIpc) is 2.01. The molecule has 0 bridgehead atoms. The van der Waals surface area contributed by atoms with Gasteiger partial charge in [0.25, 0.3) is 0 Å². The molecule has 3 nitrogen and oxygen atoms in total. The number of nitrogens with zero attached hydrogens (tertiary/aromatic N) is 1. The summed E-state index contributed by atoms with van der Waals surface area (Å²) in [5.41, 5.74) is -0.0365. The van der Waals surface area contributed by atoms with E-state index in [-0.39, 0.29) is 16.7 Å². The van der Waals surface area contributed by atoms with E-state index in [0.29, 0.717) is 6.54 Å². The van der Waals surface area contributed by atoms with Gasteiger partial charge in [-0.1, -0.05) is 20.8 Å². The van der Waals surface area contributed by atoms with Gasteiger partial charge in [0.2, 0.25) is 0 Å². The molecule has 1 rings (SSSR count). The zero-order chi connectivity index (χ0) is 10.9. The Morgan fingerprint density at radius 1 is 1.50 bits per heavy atom. The molecule has 1 saturated heterocycles. The third-order valence-corrected chi connectivity index (χ3v) is 3.27. The highest BCUT2D eigenvalue weighted by molar-refractivity contribution is 7.81. The first kappa shape index (κ1) is 11.7. The number of likely N-dealkylation sites (tertiary alicyclic amines) is 1. The Morgan fingerprint density at radius 3 is 2.43 bits per heavy atom. The lowest BCUT2D eigenvalue weighted by molar-refractivity contribution is 0.0636. The molecule has 0 spiro atoms. The van der Waals surface area contributed by atoms with Crippen molar-refractivity contribution in [3.8, 4) is 0 Å². The normalized spacial score (nSPS) is 29.0. The van der Waals surface area contributed by atoms with E-state index in [4.69, 9.17) is 5.11 Å². The molecule has 1 N–H and O–H groups in total. The van der Waals surface area contributed by atoms with E-state index in [1.165, 1.54) is 0 Å². The first-order chi connectivity index (χ1) is 6.34. The van der Waals surface area contributed by atoms with Gasteiger partial charge in [-0.25, -0.2) is 4.79 Å². The third-order valence-electron chi connectivity index (χ3n) is 2.73. The van der Waals surface area contributed by atoms with Crippen molar-refractivity contribution in [2.24, 2.45) is 5.41 Å². The summed E-state index contributed by atoms with van der Waals surface area (Å²) in [5, 5.41) is 9.25. The molecule has 0 aromatic heterocycles. The third kappa shape index (κ3) is 2.35. The van der Waals surface area contributed by atoms with Gasteiger partial charge in [-0.05, 0) is 18.3 Å². The molecule has 0 aromatic carbocycles. The van der Waals surface area contributed by atoms with Crippen molar-refractivity contribution in [2.75, 3.05) is 6.54 Å². The van der Waals surface area contributed by atoms with Gasteiger partial charge in [0.15, 0.2) is 0 Å². The second-order valence-electron chi connectivity index (χ2n) is 5.00. The molecule has 2 unspecified atom stereocenters. The van der Waals surface area contributed by atoms with Gasteiger partial charge < -0.3 is 10.0 Å². The summed E-state index contributed by atoms with van der Waals surface area (Å²) in [5.74, 6) is 0. The van der Waals surface area contributed by atoms with Crippen LogP contribution in [0.15, 0.2) is 0 Å². The summed E-state index contributed by atoms with van der Waals surface area (Å²) in [7, 11) is 0. The molecular formula is C10H19NO2S. The van der Waals surface area contributed by atoms with Crippen molar-refractivity contribution in [1.29, 1.82) is 0 Å². The SMILES string of the molecule is CC(C)(C)C1C(S)CCCN1C(=O)O. The molecule has 0 saturated carbocycles. The van der Waals surface area contributed by atoms with Gasteiger partial charge in [0.05, 0.1) is 6.04 Å². The monoisotopic (exact) mass is 217 g/mol. The molecule has 0 radical (unpaired) electrons. The molecule has 0 aromatic rings. The predicted molar refractivity (Wildman–Crippen MR) is 60.0 cm³/mol. The molecule has 1 amide bonds.